The molecule has 0 heterocycles. The lowest BCUT2D eigenvalue weighted by atomic mass is 10.0. The van der Waals surface area contributed by atoms with Crippen LogP contribution in [0, 0.1) is 0 Å². The molecule has 0 fully saturated rings. The molecule has 4 rings (SSSR count). The molecule has 8 nitrogen and oxygen atoms in total. The van der Waals surface area contributed by atoms with E-state index in [1.807, 2.05) is 60.7 Å². The lowest BCUT2D eigenvalue weighted by Gasteiger charge is -2.20. The minimum atomic E-state index is -0.446. The number of carbonyl (C=O) groups excluding carboxylic acids is 2. The van der Waals surface area contributed by atoms with Crippen LogP contribution in [0.1, 0.15) is 27.1 Å². The van der Waals surface area contributed by atoms with E-state index in [2.05, 4.69) is 16.0 Å². The molecule has 0 spiro atoms. The Morgan fingerprint density at radius 2 is 1.62 bits per heavy atom. The molecule has 0 aromatic heterocycles. The number of thiocarbonyl (C=S) groups is 1. The van der Waals surface area contributed by atoms with E-state index in [1.54, 1.807) is 0 Å². The third-order valence-electron chi connectivity index (χ3n) is 5.83. The number of nitrogens with one attached hydrogen (secondary N) is 3. The first kappa shape index (κ1) is 25.7. The molecule has 3 aromatic rings. The van der Waals surface area contributed by atoms with E-state index in [-0.39, 0.29) is 22.6 Å². The van der Waals surface area contributed by atoms with Crippen molar-refractivity contribution in [3.05, 3.63) is 89.6 Å². The molecule has 0 saturated carbocycles. The van der Waals surface area contributed by atoms with Gasteiger partial charge in [0, 0.05) is 16.8 Å². The molecule has 1 unspecified atom stereocenters. The van der Waals surface area contributed by atoms with E-state index in [1.165, 1.54) is 33.5 Å². The van der Waals surface area contributed by atoms with E-state index in [9.17, 15) is 9.59 Å². The molecule has 1 atom stereocenters. The van der Waals surface area contributed by atoms with Crippen LogP contribution in [0.3, 0.4) is 0 Å². The zero-order chi connectivity index (χ0) is 26.4. The van der Waals surface area contributed by atoms with Crippen LogP contribution in [0.25, 0.3) is 10.8 Å². The number of methoxy groups -OCH3 is 3. The van der Waals surface area contributed by atoms with Gasteiger partial charge in [-0.05, 0) is 59.8 Å². The van der Waals surface area contributed by atoms with Crippen molar-refractivity contribution < 1.29 is 23.8 Å². The van der Waals surface area contributed by atoms with E-state index >= 15 is 0 Å². The number of ether oxygens (including phenoxy) is 3. The summed E-state index contributed by atoms with van der Waals surface area (Å²) < 4.78 is 15.9. The van der Waals surface area contributed by atoms with Gasteiger partial charge in [0.15, 0.2) is 16.6 Å². The Hall–Kier alpha value is -4.37. The van der Waals surface area contributed by atoms with Crippen LogP contribution in [0.15, 0.2) is 78.5 Å². The quantitative estimate of drug-likeness (QED) is 0.406. The summed E-state index contributed by atoms with van der Waals surface area (Å²) >= 11 is 5.35. The SMILES string of the molecule is COc1cc(C(=O)NC(=S)NC2=CC(NC(=O)c3cccc4ccccc34)CC=C2)cc(OC)c1OC. The summed E-state index contributed by atoms with van der Waals surface area (Å²) in [5.41, 5.74) is 1.56. The molecule has 0 radical (unpaired) electrons. The summed E-state index contributed by atoms with van der Waals surface area (Å²) in [7, 11) is 4.44. The topological polar surface area (TPSA) is 97.9 Å². The molecular formula is C28H27N3O5S. The van der Waals surface area contributed by atoms with Crippen LogP contribution < -0.4 is 30.2 Å². The third-order valence-corrected chi connectivity index (χ3v) is 6.03. The zero-order valence-electron chi connectivity index (χ0n) is 20.7. The average Bonchev–Trinajstić information content (AvgIpc) is 2.91. The van der Waals surface area contributed by atoms with Crippen molar-refractivity contribution in [2.45, 2.75) is 12.5 Å². The number of rotatable bonds is 7. The monoisotopic (exact) mass is 517 g/mol. The number of allylic oxidation sites excluding steroid dienone is 1. The van der Waals surface area contributed by atoms with Crippen LogP contribution in [0.5, 0.6) is 17.2 Å². The number of hydrogen-bond donors (Lipinski definition) is 3. The molecule has 9 heteroatoms. The highest BCUT2D eigenvalue weighted by Crippen LogP contribution is 2.38. The fourth-order valence-electron chi connectivity index (χ4n) is 4.09. The Balaban J connectivity index is 1.41. The largest absolute Gasteiger partial charge is 0.493 e. The van der Waals surface area contributed by atoms with Gasteiger partial charge in [-0.15, -0.1) is 0 Å². The third kappa shape index (κ3) is 5.90. The van der Waals surface area contributed by atoms with Crippen molar-refractivity contribution in [2.24, 2.45) is 0 Å². The van der Waals surface area contributed by atoms with Crippen molar-refractivity contribution in [3.63, 3.8) is 0 Å². The van der Waals surface area contributed by atoms with Crippen molar-refractivity contribution >= 4 is 39.9 Å². The molecular weight excluding hydrogens is 490 g/mol. The maximum absolute atomic E-state index is 13.0. The number of amides is 2. The van der Waals surface area contributed by atoms with Gasteiger partial charge >= 0.3 is 0 Å². The van der Waals surface area contributed by atoms with Gasteiger partial charge in [-0.2, -0.15) is 0 Å². The normalized spacial score (nSPS) is 14.4. The van der Waals surface area contributed by atoms with Gasteiger partial charge < -0.3 is 24.8 Å². The molecule has 190 valence electrons. The van der Waals surface area contributed by atoms with E-state index in [0.29, 0.717) is 34.9 Å². The smallest absolute Gasteiger partial charge is 0.257 e. The highest BCUT2D eigenvalue weighted by molar-refractivity contribution is 7.80. The Labute approximate surface area is 220 Å². The van der Waals surface area contributed by atoms with Gasteiger partial charge in [0.1, 0.15) is 0 Å². The first-order valence-electron chi connectivity index (χ1n) is 11.5. The van der Waals surface area contributed by atoms with E-state index in [4.69, 9.17) is 26.4 Å². The standard InChI is InChI=1S/C28H27N3O5S/c1-34-23-14-18(15-24(35-2)25(23)36-3)26(32)31-28(37)30-20-11-7-10-19(16-20)29-27(33)22-13-6-9-17-8-4-5-12-21(17)22/h4-9,11-16,19H,10H2,1-3H3,(H,29,33)(H2,30,31,32,37). The lowest BCUT2D eigenvalue weighted by Crippen LogP contribution is -2.40. The summed E-state index contributed by atoms with van der Waals surface area (Å²) in [6, 6.07) is 16.3. The molecule has 1 aliphatic rings. The minimum absolute atomic E-state index is 0.107. The maximum Gasteiger partial charge on any atom is 0.257 e. The molecule has 0 bridgehead atoms. The van der Waals surface area contributed by atoms with Gasteiger partial charge in [-0.1, -0.05) is 42.5 Å². The Kier molecular flexibility index (Phi) is 8.05. The summed E-state index contributed by atoms with van der Waals surface area (Å²) in [5.74, 6) is 0.488. The summed E-state index contributed by atoms with van der Waals surface area (Å²) in [6.45, 7) is 0. The van der Waals surface area contributed by atoms with Crippen molar-refractivity contribution in [2.75, 3.05) is 21.3 Å². The first-order chi connectivity index (χ1) is 17.9. The second-order valence-electron chi connectivity index (χ2n) is 8.19. The number of hydrogen-bond acceptors (Lipinski definition) is 6. The van der Waals surface area contributed by atoms with Crippen LogP contribution in [0.4, 0.5) is 0 Å². The fourth-order valence-corrected chi connectivity index (χ4v) is 4.30. The molecule has 0 saturated heterocycles. The summed E-state index contributed by atoms with van der Waals surface area (Å²) in [6.07, 6.45) is 6.27. The zero-order valence-corrected chi connectivity index (χ0v) is 21.5. The molecule has 2 amide bonds. The Bertz CT molecular complexity index is 1390. The lowest BCUT2D eigenvalue weighted by molar-refractivity contribution is 0.0944. The second-order valence-corrected chi connectivity index (χ2v) is 8.60. The van der Waals surface area contributed by atoms with Gasteiger partial charge in [-0.25, -0.2) is 0 Å². The van der Waals surface area contributed by atoms with Gasteiger partial charge in [0.05, 0.1) is 27.4 Å². The molecule has 37 heavy (non-hydrogen) atoms. The molecule has 1 aliphatic carbocycles. The predicted molar refractivity (Wildman–Crippen MR) is 146 cm³/mol. The summed E-state index contributed by atoms with van der Waals surface area (Å²) in [4.78, 5) is 25.8. The number of benzene rings is 3. The fraction of sp³-hybridized carbons (Fsp3) is 0.179. The Morgan fingerprint density at radius 3 is 2.32 bits per heavy atom. The maximum atomic E-state index is 13.0. The van der Waals surface area contributed by atoms with Crippen LogP contribution in [0.2, 0.25) is 0 Å². The molecule has 0 aliphatic heterocycles. The average molecular weight is 518 g/mol. The van der Waals surface area contributed by atoms with E-state index < -0.39 is 5.91 Å². The molecule has 3 N–H and O–H groups in total. The Morgan fingerprint density at radius 1 is 0.919 bits per heavy atom. The van der Waals surface area contributed by atoms with Crippen LogP contribution in [-0.4, -0.2) is 44.3 Å². The van der Waals surface area contributed by atoms with Crippen molar-refractivity contribution in [1.82, 2.24) is 16.0 Å². The first-order valence-corrected chi connectivity index (χ1v) is 11.9. The van der Waals surface area contributed by atoms with Crippen LogP contribution in [-0.2, 0) is 0 Å². The highest BCUT2D eigenvalue weighted by atomic mass is 32.1. The van der Waals surface area contributed by atoms with Gasteiger partial charge in [0.25, 0.3) is 11.8 Å². The van der Waals surface area contributed by atoms with Crippen molar-refractivity contribution in [1.29, 1.82) is 0 Å². The van der Waals surface area contributed by atoms with Crippen molar-refractivity contribution in [3.8, 4) is 17.2 Å². The molecule has 3 aromatic carbocycles. The summed E-state index contributed by atoms with van der Waals surface area (Å²) in [5, 5.41) is 10.7. The number of fused-ring (bicyclic) bond motifs is 1. The number of carbonyl (C=O) groups is 2. The van der Waals surface area contributed by atoms with Gasteiger partial charge in [0.2, 0.25) is 5.75 Å². The minimum Gasteiger partial charge on any atom is -0.493 e. The van der Waals surface area contributed by atoms with Crippen LogP contribution >= 0.6 is 12.2 Å². The second kappa shape index (κ2) is 11.6. The van der Waals surface area contributed by atoms with Gasteiger partial charge in [-0.3, -0.25) is 14.9 Å². The predicted octanol–water partition coefficient (Wildman–Crippen LogP) is 4.11. The van der Waals surface area contributed by atoms with E-state index in [0.717, 1.165) is 10.8 Å². The highest BCUT2D eigenvalue weighted by Gasteiger charge is 2.19.